The van der Waals surface area contributed by atoms with Crippen molar-refractivity contribution in [2.75, 3.05) is 0 Å². The first-order valence-electron chi connectivity index (χ1n) is 5.55. The van der Waals surface area contributed by atoms with Gasteiger partial charge in [-0.05, 0) is 25.7 Å². The largest absolute Gasteiger partial charge is 0.393 e. The molecule has 1 aliphatic carbocycles. The number of hydrogen-bond acceptors (Lipinski definition) is 4. The molecule has 1 saturated carbocycles. The number of nitrogens with one attached hydrogen (secondary N) is 1. The van der Waals surface area contributed by atoms with Crippen LogP contribution in [0.5, 0.6) is 0 Å². The average molecular weight is 235 g/mol. The van der Waals surface area contributed by atoms with Gasteiger partial charge < -0.3 is 5.11 Å². The summed E-state index contributed by atoms with van der Waals surface area (Å²) >= 11 is 0. The monoisotopic (exact) mass is 235 g/mol. The molecule has 6 heteroatoms. The predicted octanol–water partition coefficient (Wildman–Crippen LogP) is -0.116. The summed E-state index contributed by atoms with van der Waals surface area (Å²) in [7, 11) is 0. The molecule has 1 aromatic rings. The third-order valence-electron chi connectivity index (χ3n) is 3.15. The molecule has 2 rings (SSSR count). The van der Waals surface area contributed by atoms with E-state index >= 15 is 0 Å². The Morgan fingerprint density at radius 1 is 1.35 bits per heavy atom. The molecule has 0 bridgehead atoms. The molecule has 6 nitrogen and oxygen atoms in total. The minimum absolute atomic E-state index is 0.0464. The Morgan fingerprint density at radius 2 is 2.00 bits per heavy atom. The van der Waals surface area contributed by atoms with E-state index in [1.54, 1.807) is 6.07 Å². The molecule has 1 aliphatic rings. The van der Waals surface area contributed by atoms with Crippen LogP contribution >= 0.6 is 0 Å². The summed E-state index contributed by atoms with van der Waals surface area (Å²) in [4.78, 5) is 25.0. The summed E-state index contributed by atoms with van der Waals surface area (Å²) in [5.74, 6) is 0. The standard InChI is InChI=1S/C11H13N3O3/c12-5-7-6-14(11(17)13-10(7)16)8-1-3-9(15)4-2-8/h6,8-9,15H,1-4H2,(H,13,16,17). The highest BCUT2D eigenvalue weighted by Gasteiger charge is 2.22. The van der Waals surface area contributed by atoms with E-state index in [0.717, 1.165) is 0 Å². The summed E-state index contributed by atoms with van der Waals surface area (Å²) in [6, 6.07) is 1.71. The molecule has 1 heterocycles. The van der Waals surface area contributed by atoms with Gasteiger partial charge >= 0.3 is 5.69 Å². The molecule has 0 atom stereocenters. The number of aliphatic hydroxyl groups excluding tert-OH is 1. The summed E-state index contributed by atoms with van der Waals surface area (Å²) in [6.07, 6.45) is 3.63. The van der Waals surface area contributed by atoms with Crippen molar-refractivity contribution in [1.29, 1.82) is 5.26 Å². The van der Waals surface area contributed by atoms with Crippen LogP contribution < -0.4 is 11.2 Å². The highest BCUT2D eigenvalue weighted by molar-refractivity contribution is 5.21. The van der Waals surface area contributed by atoms with E-state index in [4.69, 9.17) is 5.26 Å². The number of rotatable bonds is 1. The molecule has 0 amide bonds. The van der Waals surface area contributed by atoms with Crippen molar-refractivity contribution in [3.63, 3.8) is 0 Å². The van der Waals surface area contributed by atoms with Gasteiger partial charge in [0.1, 0.15) is 11.6 Å². The third kappa shape index (κ3) is 2.29. The SMILES string of the molecule is N#Cc1cn(C2CCC(O)CC2)c(=O)[nH]c1=O. The highest BCUT2D eigenvalue weighted by Crippen LogP contribution is 2.26. The summed E-state index contributed by atoms with van der Waals surface area (Å²) in [5.41, 5.74) is -1.20. The molecule has 0 unspecified atom stereocenters. The van der Waals surface area contributed by atoms with Crippen molar-refractivity contribution in [2.45, 2.75) is 37.8 Å². The Kier molecular flexibility index (Phi) is 3.11. The van der Waals surface area contributed by atoms with Gasteiger partial charge in [0.05, 0.1) is 6.10 Å². The zero-order valence-corrected chi connectivity index (χ0v) is 9.22. The van der Waals surface area contributed by atoms with Crippen LogP contribution in [0.1, 0.15) is 37.3 Å². The Balaban J connectivity index is 2.36. The molecule has 2 N–H and O–H groups in total. The second kappa shape index (κ2) is 4.55. The summed E-state index contributed by atoms with van der Waals surface area (Å²) < 4.78 is 1.39. The highest BCUT2D eigenvalue weighted by atomic mass is 16.3. The van der Waals surface area contributed by atoms with Gasteiger partial charge in [0.15, 0.2) is 0 Å². The number of nitriles is 1. The molecule has 0 spiro atoms. The van der Waals surface area contributed by atoms with Crippen molar-refractivity contribution in [3.8, 4) is 6.07 Å². The van der Waals surface area contributed by atoms with E-state index in [1.165, 1.54) is 10.8 Å². The van der Waals surface area contributed by atoms with Crippen molar-refractivity contribution >= 4 is 0 Å². The number of H-pyrrole nitrogens is 1. The second-order valence-corrected chi connectivity index (χ2v) is 4.28. The Morgan fingerprint density at radius 3 is 2.59 bits per heavy atom. The average Bonchev–Trinajstić information content (AvgIpc) is 2.31. The van der Waals surface area contributed by atoms with Crippen LogP contribution in [0.4, 0.5) is 0 Å². The zero-order chi connectivity index (χ0) is 12.4. The van der Waals surface area contributed by atoms with Crippen LogP contribution in [0.15, 0.2) is 15.8 Å². The van der Waals surface area contributed by atoms with E-state index in [2.05, 4.69) is 4.98 Å². The minimum Gasteiger partial charge on any atom is -0.393 e. The van der Waals surface area contributed by atoms with Gasteiger partial charge in [-0.1, -0.05) is 0 Å². The maximum atomic E-state index is 11.6. The van der Waals surface area contributed by atoms with Gasteiger partial charge in [-0.25, -0.2) is 4.79 Å². The van der Waals surface area contributed by atoms with Crippen molar-refractivity contribution in [1.82, 2.24) is 9.55 Å². The number of aliphatic hydroxyl groups is 1. The molecule has 0 aliphatic heterocycles. The molecule has 1 aromatic heterocycles. The topological polar surface area (TPSA) is 98.9 Å². The Bertz CT molecular complexity index is 559. The fourth-order valence-electron chi connectivity index (χ4n) is 2.17. The van der Waals surface area contributed by atoms with Crippen LogP contribution in [-0.2, 0) is 0 Å². The van der Waals surface area contributed by atoms with Gasteiger partial charge in [0.25, 0.3) is 5.56 Å². The lowest BCUT2D eigenvalue weighted by atomic mass is 9.93. The number of aromatic nitrogens is 2. The van der Waals surface area contributed by atoms with Crippen LogP contribution in [0.3, 0.4) is 0 Å². The lowest BCUT2D eigenvalue weighted by Crippen LogP contribution is -2.35. The van der Waals surface area contributed by atoms with Crippen LogP contribution in [0.2, 0.25) is 0 Å². The van der Waals surface area contributed by atoms with Gasteiger partial charge in [0, 0.05) is 12.2 Å². The molecule has 0 saturated heterocycles. The fourth-order valence-corrected chi connectivity index (χ4v) is 2.17. The van der Waals surface area contributed by atoms with Crippen molar-refractivity contribution < 1.29 is 5.11 Å². The lowest BCUT2D eigenvalue weighted by Gasteiger charge is -2.26. The zero-order valence-electron chi connectivity index (χ0n) is 9.22. The fraction of sp³-hybridized carbons (Fsp3) is 0.545. The molecule has 0 radical (unpaired) electrons. The maximum absolute atomic E-state index is 11.6. The first kappa shape index (κ1) is 11.6. The van der Waals surface area contributed by atoms with Crippen molar-refractivity contribution in [3.05, 3.63) is 32.6 Å². The quantitative estimate of drug-likeness (QED) is 0.709. The van der Waals surface area contributed by atoms with E-state index in [-0.39, 0.29) is 17.7 Å². The normalized spacial score (nSPS) is 24.2. The van der Waals surface area contributed by atoms with E-state index < -0.39 is 11.2 Å². The molecular formula is C11H13N3O3. The Labute approximate surface area is 97.1 Å². The summed E-state index contributed by atoms with van der Waals surface area (Å²) in [5, 5.41) is 18.1. The first-order valence-corrected chi connectivity index (χ1v) is 5.55. The first-order chi connectivity index (χ1) is 8.11. The molecule has 17 heavy (non-hydrogen) atoms. The summed E-state index contributed by atoms with van der Waals surface area (Å²) in [6.45, 7) is 0. The molecule has 0 aromatic carbocycles. The van der Waals surface area contributed by atoms with Crippen LogP contribution in [-0.4, -0.2) is 20.8 Å². The van der Waals surface area contributed by atoms with Crippen LogP contribution in [0, 0.1) is 11.3 Å². The number of hydrogen-bond donors (Lipinski definition) is 2. The minimum atomic E-state index is -0.649. The predicted molar refractivity (Wildman–Crippen MR) is 59.5 cm³/mol. The smallest absolute Gasteiger partial charge is 0.328 e. The van der Waals surface area contributed by atoms with Gasteiger partial charge in [0.2, 0.25) is 0 Å². The van der Waals surface area contributed by atoms with Gasteiger partial charge in [-0.2, -0.15) is 5.26 Å². The van der Waals surface area contributed by atoms with Gasteiger partial charge in [-0.3, -0.25) is 14.3 Å². The molecule has 90 valence electrons. The van der Waals surface area contributed by atoms with Crippen molar-refractivity contribution in [2.24, 2.45) is 0 Å². The molecular weight excluding hydrogens is 222 g/mol. The van der Waals surface area contributed by atoms with Gasteiger partial charge in [-0.15, -0.1) is 0 Å². The van der Waals surface area contributed by atoms with E-state index in [9.17, 15) is 14.7 Å². The van der Waals surface area contributed by atoms with E-state index in [1.807, 2.05) is 0 Å². The maximum Gasteiger partial charge on any atom is 0.328 e. The lowest BCUT2D eigenvalue weighted by molar-refractivity contribution is 0.109. The number of aromatic amines is 1. The van der Waals surface area contributed by atoms with Crippen LogP contribution in [0.25, 0.3) is 0 Å². The van der Waals surface area contributed by atoms with E-state index in [0.29, 0.717) is 25.7 Å². The third-order valence-corrected chi connectivity index (χ3v) is 3.15. The molecule has 1 fully saturated rings. The number of nitrogens with zero attached hydrogens (tertiary/aromatic N) is 2. The second-order valence-electron chi connectivity index (χ2n) is 4.28. The Hall–Kier alpha value is -1.87.